The fraction of sp³-hybridized carbons (Fsp3) is 0.0556. The van der Waals surface area contributed by atoms with Gasteiger partial charge in [-0.25, -0.2) is 4.79 Å². The Morgan fingerprint density at radius 1 is 0.909 bits per heavy atom. The van der Waals surface area contributed by atoms with Crippen LogP contribution in [0.1, 0.15) is 15.9 Å². The molecule has 0 amide bonds. The minimum Gasteiger partial charge on any atom is -0.504 e. The number of phenolic OH excluding ortho intramolecular Hbond substituents is 2. The summed E-state index contributed by atoms with van der Waals surface area (Å²) in [5.41, 5.74) is 2.77. The van der Waals surface area contributed by atoms with Gasteiger partial charge in [0.2, 0.25) is 0 Å². The number of ether oxygens (including phenoxy) is 1. The molecule has 3 aromatic carbocycles. The second-order valence-corrected chi connectivity index (χ2v) is 5.26. The molecule has 0 unspecified atom stereocenters. The number of carbonyl (C=O) groups excluding carboxylic acids is 1. The van der Waals surface area contributed by atoms with Gasteiger partial charge in [0.15, 0.2) is 11.5 Å². The fourth-order valence-electron chi connectivity index (χ4n) is 2.98. The number of benzene rings is 3. The van der Waals surface area contributed by atoms with Crippen LogP contribution in [-0.4, -0.2) is 16.2 Å². The summed E-state index contributed by atoms with van der Waals surface area (Å²) in [4.78, 5) is 11.9. The molecule has 1 aliphatic heterocycles. The van der Waals surface area contributed by atoms with E-state index in [9.17, 15) is 15.0 Å². The quantitative estimate of drug-likeness (QED) is 0.531. The van der Waals surface area contributed by atoms with Crippen molar-refractivity contribution in [2.24, 2.45) is 0 Å². The van der Waals surface area contributed by atoms with E-state index in [2.05, 4.69) is 0 Å². The molecule has 0 spiro atoms. The van der Waals surface area contributed by atoms with Crippen LogP contribution in [0.2, 0.25) is 0 Å². The molecule has 0 radical (unpaired) electrons. The fourth-order valence-corrected chi connectivity index (χ4v) is 2.98. The predicted octanol–water partition coefficient (Wildman–Crippen LogP) is 3.59. The van der Waals surface area contributed by atoms with Crippen LogP contribution in [-0.2, 0) is 11.3 Å². The summed E-state index contributed by atoms with van der Waals surface area (Å²) >= 11 is 0. The Morgan fingerprint density at radius 3 is 2.41 bits per heavy atom. The van der Waals surface area contributed by atoms with Gasteiger partial charge in [0.1, 0.15) is 6.61 Å². The standard InChI is InChI=1S/C18H12O4/c19-14-8-11-9-22-18(21)13-7-6-12(10-4-2-1-3-5-10)16(15(11)13)17(14)20/h1-8,19-20H,9H2. The van der Waals surface area contributed by atoms with E-state index in [-0.39, 0.29) is 18.1 Å². The van der Waals surface area contributed by atoms with Crippen LogP contribution < -0.4 is 0 Å². The predicted molar refractivity (Wildman–Crippen MR) is 81.8 cm³/mol. The summed E-state index contributed by atoms with van der Waals surface area (Å²) < 4.78 is 5.10. The van der Waals surface area contributed by atoms with Crippen molar-refractivity contribution < 1.29 is 19.7 Å². The zero-order valence-electron chi connectivity index (χ0n) is 11.5. The smallest absolute Gasteiger partial charge is 0.339 e. The average molecular weight is 292 g/mol. The van der Waals surface area contributed by atoms with Gasteiger partial charge in [-0.3, -0.25) is 0 Å². The number of phenols is 2. The summed E-state index contributed by atoms with van der Waals surface area (Å²) in [6, 6.07) is 14.5. The molecule has 3 aromatic rings. The molecule has 108 valence electrons. The first kappa shape index (κ1) is 12.7. The zero-order valence-corrected chi connectivity index (χ0v) is 11.5. The molecule has 0 aliphatic carbocycles. The number of esters is 1. The third-order valence-electron chi connectivity index (χ3n) is 3.98. The number of rotatable bonds is 1. The molecule has 22 heavy (non-hydrogen) atoms. The molecule has 0 aromatic heterocycles. The van der Waals surface area contributed by atoms with Crippen molar-refractivity contribution >= 4 is 16.7 Å². The van der Waals surface area contributed by atoms with Crippen LogP contribution >= 0.6 is 0 Å². The maximum Gasteiger partial charge on any atom is 0.339 e. The Balaban J connectivity index is 2.18. The average Bonchev–Trinajstić information content (AvgIpc) is 2.55. The monoisotopic (exact) mass is 292 g/mol. The molecule has 0 saturated carbocycles. The molecule has 4 nitrogen and oxygen atoms in total. The van der Waals surface area contributed by atoms with Crippen molar-refractivity contribution in [3.63, 3.8) is 0 Å². The van der Waals surface area contributed by atoms with Crippen molar-refractivity contribution in [3.8, 4) is 22.6 Å². The molecular formula is C18H12O4. The zero-order chi connectivity index (χ0) is 15.3. The number of carbonyl (C=O) groups is 1. The van der Waals surface area contributed by atoms with Gasteiger partial charge in [-0.05, 0) is 23.3 Å². The van der Waals surface area contributed by atoms with E-state index >= 15 is 0 Å². The molecule has 0 atom stereocenters. The van der Waals surface area contributed by atoms with Crippen molar-refractivity contribution in [2.45, 2.75) is 6.61 Å². The third-order valence-corrected chi connectivity index (χ3v) is 3.98. The topological polar surface area (TPSA) is 66.8 Å². The van der Waals surface area contributed by atoms with Crippen LogP contribution in [0, 0.1) is 0 Å². The van der Waals surface area contributed by atoms with Gasteiger partial charge in [-0.1, -0.05) is 36.4 Å². The van der Waals surface area contributed by atoms with E-state index in [1.165, 1.54) is 6.07 Å². The molecular weight excluding hydrogens is 280 g/mol. The first-order valence-corrected chi connectivity index (χ1v) is 6.90. The van der Waals surface area contributed by atoms with Crippen LogP contribution in [0.4, 0.5) is 0 Å². The second kappa shape index (κ2) is 4.49. The van der Waals surface area contributed by atoms with E-state index < -0.39 is 5.97 Å². The van der Waals surface area contributed by atoms with E-state index in [1.54, 1.807) is 12.1 Å². The molecule has 1 aliphatic rings. The van der Waals surface area contributed by atoms with Gasteiger partial charge in [0.25, 0.3) is 0 Å². The van der Waals surface area contributed by atoms with E-state index in [1.807, 2.05) is 30.3 Å². The minimum atomic E-state index is -0.415. The first-order valence-electron chi connectivity index (χ1n) is 6.90. The SMILES string of the molecule is O=C1OCc2cc(O)c(O)c3c(-c4ccccc4)ccc1c23. The Kier molecular flexibility index (Phi) is 2.60. The summed E-state index contributed by atoms with van der Waals surface area (Å²) in [7, 11) is 0. The minimum absolute atomic E-state index is 0.0917. The van der Waals surface area contributed by atoms with Crippen LogP contribution in [0.25, 0.3) is 21.9 Å². The van der Waals surface area contributed by atoms with Crippen molar-refractivity contribution in [3.05, 3.63) is 59.7 Å². The normalized spacial score (nSPS) is 13.2. The van der Waals surface area contributed by atoms with Gasteiger partial charge in [0, 0.05) is 16.3 Å². The number of cyclic esters (lactones) is 1. The van der Waals surface area contributed by atoms with Crippen molar-refractivity contribution in [1.29, 1.82) is 0 Å². The molecule has 0 saturated heterocycles. The second-order valence-electron chi connectivity index (χ2n) is 5.26. The highest BCUT2D eigenvalue weighted by molar-refractivity contribution is 6.14. The van der Waals surface area contributed by atoms with Gasteiger partial charge < -0.3 is 14.9 Å². The van der Waals surface area contributed by atoms with E-state index in [0.717, 1.165) is 11.1 Å². The summed E-state index contributed by atoms with van der Waals surface area (Å²) in [6.07, 6.45) is 0. The lowest BCUT2D eigenvalue weighted by Gasteiger charge is -2.20. The summed E-state index contributed by atoms with van der Waals surface area (Å²) in [5.74, 6) is -0.842. The van der Waals surface area contributed by atoms with Crippen LogP contribution in [0.15, 0.2) is 48.5 Å². The highest BCUT2D eigenvalue weighted by Gasteiger charge is 2.25. The highest BCUT2D eigenvalue weighted by atomic mass is 16.5. The third kappa shape index (κ3) is 1.67. The largest absolute Gasteiger partial charge is 0.504 e. The molecule has 0 bridgehead atoms. The van der Waals surface area contributed by atoms with Crippen molar-refractivity contribution in [2.75, 3.05) is 0 Å². The maximum atomic E-state index is 11.9. The summed E-state index contributed by atoms with van der Waals surface area (Å²) in [6.45, 7) is 0.0917. The van der Waals surface area contributed by atoms with E-state index in [0.29, 0.717) is 21.9 Å². The maximum absolute atomic E-state index is 11.9. The number of aromatic hydroxyl groups is 2. The number of hydrogen-bond acceptors (Lipinski definition) is 4. The van der Waals surface area contributed by atoms with Crippen molar-refractivity contribution in [1.82, 2.24) is 0 Å². The molecule has 0 fully saturated rings. The molecule has 4 rings (SSSR count). The lowest BCUT2D eigenvalue weighted by Crippen LogP contribution is -2.12. The lowest BCUT2D eigenvalue weighted by atomic mass is 9.90. The van der Waals surface area contributed by atoms with E-state index in [4.69, 9.17) is 4.74 Å². The Hall–Kier alpha value is -3.01. The Morgan fingerprint density at radius 2 is 1.64 bits per heavy atom. The van der Waals surface area contributed by atoms with Gasteiger partial charge in [0.05, 0.1) is 5.56 Å². The Labute approximate surface area is 126 Å². The number of hydrogen-bond donors (Lipinski definition) is 2. The summed E-state index contributed by atoms with van der Waals surface area (Å²) in [5, 5.41) is 21.5. The first-order chi connectivity index (χ1) is 10.7. The Bertz CT molecular complexity index is 914. The van der Waals surface area contributed by atoms with Crippen LogP contribution in [0.3, 0.4) is 0 Å². The van der Waals surface area contributed by atoms with Crippen LogP contribution in [0.5, 0.6) is 11.5 Å². The van der Waals surface area contributed by atoms with Gasteiger partial charge in [-0.2, -0.15) is 0 Å². The lowest BCUT2D eigenvalue weighted by molar-refractivity contribution is 0.0463. The molecule has 2 N–H and O–H groups in total. The van der Waals surface area contributed by atoms with Gasteiger partial charge in [-0.15, -0.1) is 0 Å². The molecule has 4 heteroatoms. The van der Waals surface area contributed by atoms with Gasteiger partial charge >= 0.3 is 5.97 Å². The molecule has 1 heterocycles. The highest BCUT2D eigenvalue weighted by Crippen LogP contribution is 2.44.